The van der Waals surface area contributed by atoms with Crippen molar-refractivity contribution in [2.45, 2.75) is 264 Å². The highest BCUT2D eigenvalue weighted by Crippen LogP contribution is 2.14. The zero-order valence-corrected chi connectivity index (χ0v) is 45.5. The largest absolute Gasteiger partial charge is 0.462 e. The Hall–Kier alpha value is -3.93. The van der Waals surface area contributed by atoms with Crippen molar-refractivity contribution in [2.75, 3.05) is 13.2 Å². The number of ether oxygens (including phenoxy) is 3. The van der Waals surface area contributed by atoms with E-state index in [-0.39, 0.29) is 37.5 Å². The smallest absolute Gasteiger partial charge is 0.306 e. The van der Waals surface area contributed by atoms with Crippen LogP contribution in [0.25, 0.3) is 0 Å². The van der Waals surface area contributed by atoms with E-state index in [4.69, 9.17) is 14.2 Å². The molecule has 1 atom stereocenters. The number of rotatable bonds is 51. The summed E-state index contributed by atoms with van der Waals surface area (Å²) in [4.78, 5) is 37.9. The van der Waals surface area contributed by atoms with Crippen molar-refractivity contribution < 1.29 is 28.6 Å². The van der Waals surface area contributed by atoms with E-state index < -0.39 is 6.10 Å². The molecule has 0 aliphatic heterocycles. The zero-order valence-electron chi connectivity index (χ0n) is 45.5. The van der Waals surface area contributed by atoms with Gasteiger partial charge in [0, 0.05) is 19.3 Å². The summed E-state index contributed by atoms with van der Waals surface area (Å²) in [7, 11) is 0. The van der Waals surface area contributed by atoms with E-state index in [2.05, 4.69) is 130 Å². The molecule has 70 heavy (non-hydrogen) atoms. The lowest BCUT2D eigenvalue weighted by atomic mass is 10.1. The van der Waals surface area contributed by atoms with Crippen LogP contribution in [0.2, 0.25) is 0 Å². The molecule has 6 nitrogen and oxygen atoms in total. The molecule has 0 aliphatic rings. The van der Waals surface area contributed by atoms with E-state index in [0.717, 1.165) is 103 Å². The number of carbonyl (C=O) groups excluding carboxylic acids is 3. The van der Waals surface area contributed by atoms with Crippen molar-refractivity contribution in [3.63, 3.8) is 0 Å². The fourth-order valence-corrected chi connectivity index (χ4v) is 7.69. The molecule has 0 spiro atoms. The number of hydrogen-bond acceptors (Lipinski definition) is 6. The summed E-state index contributed by atoms with van der Waals surface area (Å²) in [6, 6.07) is 0. The molecule has 0 bridgehead atoms. The van der Waals surface area contributed by atoms with Crippen molar-refractivity contribution in [1.29, 1.82) is 0 Å². The first kappa shape index (κ1) is 66.1. The van der Waals surface area contributed by atoms with Crippen LogP contribution in [0.3, 0.4) is 0 Å². The molecule has 0 aromatic rings. The molecule has 6 heteroatoms. The van der Waals surface area contributed by atoms with Gasteiger partial charge in [-0.3, -0.25) is 14.4 Å². The summed E-state index contributed by atoms with van der Waals surface area (Å²) in [5, 5.41) is 0. The van der Waals surface area contributed by atoms with E-state index in [1.165, 1.54) is 109 Å². The van der Waals surface area contributed by atoms with Crippen molar-refractivity contribution in [1.82, 2.24) is 0 Å². The molecular weight excluding hydrogens is 865 g/mol. The van der Waals surface area contributed by atoms with Gasteiger partial charge in [0.25, 0.3) is 0 Å². The molecular formula is C64H106O6. The molecule has 398 valence electrons. The highest BCUT2D eigenvalue weighted by atomic mass is 16.6. The Kier molecular flexibility index (Phi) is 54.4. The lowest BCUT2D eigenvalue weighted by molar-refractivity contribution is -0.167. The number of carbonyl (C=O) groups is 3. The predicted molar refractivity (Wildman–Crippen MR) is 302 cm³/mol. The average Bonchev–Trinajstić information content (AvgIpc) is 3.36. The third kappa shape index (κ3) is 55.0. The van der Waals surface area contributed by atoms with Crippen LogP contribution >= 0.6 is 0 Å². The highest BCUT2D eigenvalue weighted by molar-refractivity contribution is 5.71. The van der Waals surface area contributed by atoms with Crippen molar-refractivity contribution in [2.24, 2.45) is 0 Å². The minimum atomic E-state index is -0.802. The molecule has 0 aromatic carbocycles. The quantitative estimate of drug-likeness (QED) is 0.0262. The Balaban J connectivity index is 4.24. The van der Waals surface area contributed by atoms with Crippen molar-refractivity contribution in [3.8, 4) is 0 Å². The molecule has 0 N–H and O–H groups in total. The van der Waals surface area contributed by atoms with Crippen molar-refractivity contribution >= 4 is 17.9 Å². The Labute approximate surface area is 431 Å². The first-order chi connectivity index (χ1) is 34.5. The van der Waals surface area contributed by atoms with Crippen LogP contribution in [-0.2, 0) is 28.6 Å². The van der Waals surface area contributed by atoms with Gasteiger partial charge in [0.15, 0.2) is 6.10 Å². The minimum absolute atomic E-state index is 0.0983. The molecule has 0 aliphatic carbocycles. The molecule has 0 saturated carbocycles. The fraction of sp³-hybridized carbons (Fsp3) is 0.672. The van der Waals surface area contributed by atoms with Crippen LogP contribution in [0.15, 0.2) is 109 Å². The predicted octanol–water partition coefficient (Wildman–Crippen LogP) is 19.5. The summed E-state index contributed by atoms with van der Waals surface area (Å²) in [5.74, 6) is -0.957. The summed E-state index contributed by atoms with van der Waals surface area (Å²) < 4.78 is 16.7. The van der Waals surface area contributed by atoms with Crippen LogP contribution in [0.1, 0.15) is 258 Å². The van der Waals surface area contributed by atoms with Gasteiger partial charge in [0.05, 0.1) is 0 Å². The van der Waals surface area contributed by atoms with Gasteiger partial charge in [-0.25, -0.2) is 0 Å². The van der Waals surface area contributed by atoms with Gasteiger partial charge in [-0.2, -0.15) is 0 Å². The van der Waals surface area contributed by atoms with Crippen LogP contribution in [0.4, 0.5) is 0 Å². The lowest BCUT2D eigenvalue weighted by Crippen LogP contribution is -2.30. The lowest BCUT2D eigenvalue weighted by Gasteiger charge is -2.18. The molecule has 0 radical (unpaired) electrons. The monoisotopic (exact) mass is 971 g/mol. The SMILES string of the molecule is CC/C=C\C/C=C\C/C=C\C/C=C\C/C=C\C/C=C\CCCCC(=O)OC(COC(=O)CCCCCCCC)COC(=O)CCCCCCCCCCCC/C=C\C/C=C\C/C=C\CCCCCCC. The van der Waals surface area contributed by atoms with Gasteiger partial charge in [-0.15, -0.1) is 0 Å². The van der Waals surface area contributed by atoms with E-state index >= 15 is 0 Å². The Morgan fingerprint density at radius 3 is 0.900 bits per heavy atom. The Morgan fingerprint density at radius 2 is 0.557 bits per heavy atom. The summed E-state index contributed by atoms with van der Waals surface area (Å²) in [5.41, 5.74) is 0. The van der Waals surface area contributed by atoms with E-state index in [1.807, 2.05) is 0 Å². The minimum Gasteiger partial charge on any atom is -0.462 e. The van der Waals surface area contributed by atoms with Gasteiger partial charge >= 0.3 is 17.9 Å². The number of allylic oxidation sites excluding steroid dienone is 18. The van der Waals surface area contributed by atoms with Gasteiger partial charge < -0.3 is 14.2 Å². The van der Waals surface area contributed by atoms with Gasteiger partial charge in [-0.1, -0.05) is 239 Å². The van der Waals surface area contributed by atoms with Gasteiger partial charge in [0.1, 0.15) is 13.2 Å². The maximum atomic E-state index is 12.8. The summed E-state index contributed by atoms with van der Waals surface area (Å²) in [6.45, 7) is 6.41. The molecule has 0 fully saturated rings. The van der Waals surface area contributed by atoms with Gasteiger partial charge in [0.2, 0.25) is 0 Å². The Bertz CT molecular complexity index is 1440. The fourth-order valence-electron chi connectivity index (χ4n) is 7.69. The molecule has 0 heterocycles. The molecule has 0 saturated heterocycles. The summed E-state index contributed by atoms with van der Waals surface area (Å²) >= 11 is 0. The highest BCUT2D eigenvalue weighted by Gasteiger charge is 2.19. The molecule has 0 aromatic heterocycles. The standard InChI is InChI=1S/C64H106O6/c1-4-7-10-13-16-18-20-22-24-26-28-30-31-32-33-35-36-38-40-42-44-46-48-51-54-57-63(66)69-60-61(59-68-62(65)56-53-50-15-12-9-6-3)70-64(67)58-55-52-49-47-45-43-41-39-37-34-29-27-25-23-21-19-17-14-11-8-5-2/h8,11,17,19-20,22-23,25-26,28-29,31-32,34,39,41,45,47,61H,4-7,9-10,12-16,18,21,24,27,30,33,35-38,40,42-44,46,48-60H2,1-3H3/b11-8-,19-17-,22-20-,25-23-,28-26-,32-31-,34-29-,41-39-,47-45-. The number of esters is 3. The average molecular weight is 972 g/mol. The first-order valence-corrected chi connectivity index (χ1v) is 28.9. The van der Waals surface area contributed by atoms with Gasteiger partial charge in [-0.05, 0) is 109 Å². The van der Waals surface area contributed by atoms with E-state index in [0.29, 0.717) is 19.3 Å². The maximum absolute atomic E-state index is 12.8. The van der Waals surface area contributed by atoms with E-state index in [1.54, 1.807) is 0 Å². The van der Waals surface area contributed by atoms with Crippen LogP contribution in [0, 0.1) is 0 Å². The second-order valence-electron chi connectivity index (χ2n) is 18.8. The first-order valence-electron chi connectivity index (χ1n) is 28.9. The van der Waals surface area contributed by atoms with E-state index in [9.17, 15) is 14.4 Å². The normalized spacial score (nSPS) is 12.9. The summed E-state index contributed by atoms with van der Waals surface area (Å²) in [6.07, 6.45) is 78.3. The topological polar surface area (TPSA) is 78.9 Å². The number of unbranched alkanes of at least 4 members (excludes halogenated alkanes) is 22. The van der Waals surface area contributed by atoms with Crippen LogP contribution < -0.4 is 0 Å². The maximum Gasteiger partial charge on any atom is 0.306 e. The molecule has 1 unspecified atom stereocenters. The zero-order chi connectivity index (χ0) is 50.7. The molecule has 0 amide bonds. The number of hydrogen-bond donors (Lipinski definition) is 0. The second kappa shape index (κ2) is 57.6. The van der Waals surface area contributed by atoms with Crippen LogP contribution in [0.5, 0.6) is 0 Å². The molecule has 0 rings (SSSR count). The third-order valence-electron chi connectivity index (χ3n) is 12.0. The Morgan fingerprint density at radius 1 is 0.300 bits per heavy atom. The third-order valence-corrected chi connectivity index (χ3v) is 12.0. The van der Waals surface area contributed by atoms with Crippen LogP contribution in [-0.4, -0.2) is 37.2 Å². The second-order valence-corrected chi connectivity index (χ2v) is 18.8. The van der Waals surface area contributed by atoms with Crippen molar-refractivity contribution in [3.05, 3.63) is 109 Å².